The Hall–Kier alpha value is -0.900. The highest BCUT2D eigenvalue weighted by Crippen LogP contribution is 2.31. The Morgan fingerprint density at radius 1 is 1.19 bits per heavy atom. The minimum absolute atomic E-state index is 0. The fraction of sp³-hybridized carbons (Fsp3) is 0.250. The average Bonchev–Trinajstić information content (AvgIpc) is 2.66. The van der Waals surface area contributed by atoms with Crippen LogP contribution in [0.5, 0.6) is 0 Å². The van der Waals surface area contributed by atoms with Gasteiger partial charge < -0.3 is 5.32 Å². The number of benzene rings is 1. The van der Waals surface area contributed by atoms with E-state index in [4.69, 9.17) is 0 Å². The molecule has 84 valence electrons. The Bertz CT molecular complexity index is 451. The van der Waals surface area contributed by atoms with Crippen molar-refractivity contribution >= 4 is 23.7 Å². The number of hydrogen-bond acceptors (Lipinski definition) is 3. The van der Waals surface area contributed by atoms with Crippen LogP contribution in [0.15, 0.2) is 36.5 Å². The summed E-state index contributed by atoms with van der Waals surface area (Å²) in [6, 6.07) is 10.5. The summed E-state index contributed by atoms with van der Waals surface area (Å²) in [5.41, 5.74) is 1.27. The lowest BCUT2D eigenvalue weighted by Gasteiger charge is -2.24. The fourth-order valence-electron chi connectivity index (χ4n) is 1.68. The summed E-state index contributed by atoms with van der Waals surface area (Å²) in [7, 11) is 0. The molecule has 0 spiro atoms. The molecule has 3 rings (SSSR count). The zero-order valence-corrected chi connectivity index (χ0v) is 10.4. The molecule has 1 aliphatic heterocycles. The van der Waals surface area contributed by atoms with E-state index in [0.717, 1.165) is 13.1 Å². The highest BCUT2D eigenvalue weighted by molar-refractivity contribution is 7.15. The van der Waals surface area contributed by atoms with Crippen LogP contribution in [0.4, 0.5) is 0 Å². The number of hydrogen-bond donors (Lipinski definition) is 1. The van der Waals surface area contributed by atoms with Crippen molar-refractivity contribution in [3.05, 3.63) is 41.5 Å². The van der Waals surface area contributed by atoms with Gasteiger partial charge in [-0.15, -0.1) is 23.7 Å². The molecule has 0 aliphatic carbocycles. The molecule has 0 saturated carbocycles. The minimum Gasteiger partial charge on any atom is -0.315 e. The lowest BCUT2D eigenvalue weighted by Crippen LogP contribution is -2.39. The molecule has 1 N–H and O–H groups in total. The highest BCUT2D eigenvalue weighted by Gasteiger charge is 2.22. The molecule has 16 heavy (non-hydrogen) atoms. The highest BCUT2D eigenvalue weighted by atomic mass is 35.5. The molecule has 1 aliphatic rings. The maximum absolute atomic E-state index is 4.49. The predicted molar refractivity (Wildman–Crippen MR) is 70.4 cm³/mol. The first-order valence-corrected chi connectivity index (χ1v) is 5.97. The number of nitrogens with one attached hydrogen (secondary N) is 1. The van der Waals surface area contributed by atoms with Crippen LogP contribution in [0.25, 0.3) is 10.4 Å². The van der Waals surface area contributed by atoms with Gasteiger partial charge in [-0.05, 0) is 5.56 Å². The molecule has 4 heteroatoms. The Labute approximate surface area is 105 Å². The van der Waals surface area contributed by atoms with E-state index >= 15 is 0 Å². The third-order valence-electron chi connectivity index (χ3n) is 2.71. The van der Waals surface area contributed by atoms with Crippen LogP contribution in [0, 0.1) is 0 Å². The molecule has 1 aromatic heterocycles. The summed E-state index contributed by atoms with van der Waals surface area (Å²) in [5.74, 6) is 0.646. The second-order valence-corrected chi connectivity index (χ2v) is 4.85. The standard InChI is InChI=1S/C12H12N2S.ClH/c1-2-4-9(5-3-1)11-8-14-12(15-11)10-6-13-7-10;/h1-5,8,10,13H,6-7H2;1H. The summed E-state index contributed by atoms with van der Waals surface area (Å²) in [6.45, 7) is 2.17. The fourth-order valence-corrected chi connectivity index (χ4v) is 2.70. The lowest BCUT2D eigenvalue weighted by molar-refractivity contribution is 0.447. The molecule has 0 amide bonds. The van der Waals surface area contributed by atoms with Crippen LogP contribution >= 0.6 is 23.7 Å². The van der Waals surface area contributed by atoms with Crippen LogP contribution < -0.4 is 5.32 Å². The zero-order valence-electron chi connectivity index (χ0n) is 8.72. The van der Waals surface area contributed by atoms with E-state index in [2.05, 4.69) is 34.6 Å². The molecule has 1 aromatic carbocycles. The maximum atomic E-state index is 4.49. The van der Waals surface area contributed by atoms with E-state index in [1.54, 1.807) is 0 Å². The molecular formula is C12H13ClN2S. The molecule has 0 atom stereocenters. The minimum atomic E-state index is 0. The van der Waals surface area contributed by atoms with Crippen molar-refractivity contribution < 1.29 is 0 Å². The third-order valence-corrected chi connectivity index (χ3v) is 3.92. The number of rotatable bonds is 2. The first-order valence-electron chi connectivity index (χ1n) is 5.15. The number of thiazole rings is 1. The van der Waals surface area contributed by atoms with Gasteiger partial charge in [0, 0.05) is 25.2 Å². The predicted octanol–water partition coefficient (Wildman–Crippen LogP) is 2.92. The molecule has 1 fully saturated rings. The smallest absolute Gasteiger partial charge is 0.0987 e. The molecule has 2 heterocycles. The number of nitrogens with zero attached hydrogens (tertiary/aromatic N) is 1. The van der Waals surface area contributed by atoms with E-state index in [0.29, 0.717) is 5.92 Å². The van der Waals surface area contributed by atoms with Crippen molar-refractivity contribution in [1.29, 1.82) is 0 Å². The Balaban J connectivity index is 0.000000963. The quantitative estimate of drug-likeness (QED) is 0.889. The van der Waals surface area contributed by atoms with Gasteiger partial charge >= 0.3 is 0 Å². The van der Waals surface area contributed by atoms with E-state index in [1.807, 2.05) is 23.6 Å². The van der Waals surface area contributed by atoms with Gasteiger partial charge in [-0.3, -0.25) is 0 Å². The van der Waals surface area contributed by atoms with Crippen molar-refractivity contribution in [1.82, 2.24) is 10.3 Å². The van der Waals surface area contributed by atoms with Gasteiger partial charge in [0.15, 0.2) is 0 Å². The van der Waals surface area contributed by atoms with Crippen molar-refractivity contribution in [2.45, 2.75) is 5.92 Å². The van der Waals surface area contributed by atoms with Crippen LogP contribution in [-0.2, 0) is 0 Å². The Morgan fingerprint density at radius 2 is 1.94 bits per heavy atom. The van der Waals surface area contributed by atoms with Crippen molar-refractivity contribution in [2.75, 3.05) is 13.1 Å². The topological polar surface area (TPSA) is 24.9 Å². The van der Waals surface area contributed by atoms with Gasteiger partial charge in [0.05, 0.1) is 9.88 Å². The average molecular weight is 253 g/mol. The van der Waals surface area contributed by atoms with Gasteiger partial charge in [0.2, 0.25) is 0 Å². The first-order chi connectivity index (χ1) is 7.43. The van der Waals surface area contributed by atoms with Gasteiger partial charge in [-0.1, -0.05) is 30.3 Å². The summed E-state index contributed by atoms with van der Waals surface area (Å²) in [4.78, 5) is 5.77. The van der Waals surface area contributed by atoms with Crippen LogP contribution in [-0.4, -0.2) is 18.1 Å². The summed E-state index contributed by atoms with van der Waals surface area (Å²) >= 11 is 1.82. The second-order valence-electron chi connectivity index (χ2n) is 3.78. The zero-order chi connectivity index (χ0) is 10.1. The maximum Gasteiger partial charge on any atom is 0.0987 e. The first kappa shape index (κ1) is 11.6. The lowest BCUT2D eigenvalue weighted by atomic mass is 10.1. The second kappa shape index (κ2) is 4.95. The van der Waals surface area contributed by atoms with Crippen molar-refractivity contribution in [3.63, 3.8) is 0 Å². The molecule has 2 aromatic rings. The molecule has 1 saturated heterocycles. The summed E-state index contributed by atoms with van der Waals surface area (Å²) < 4.78 is 0. The van der Waals surface area contributed by atoms with Gasteiger partial charge in [0.25, 0.3) is 0 Å². The van der Waals surface area contributed by atoms with Crippen LogP contribution in [0.2, 0.25) is 0 Å². The van der Waals surface area contributed by atoms with E-state index in [1.165, 1.54) is 15.4 Å². The largest absolute Gasteiger partial charge is 0.315 e. The van der Waals surface area contributed by atoms with Crippen molar-refractivity contribution in [3.8, 4) is 10.4 Å². The summed E-state index contributed by atoms with van der Waals surface area (Å²) in [6.07, 6.45) is 1.99. The monoisotopic (exact) mass is 252 g/mol. The molecule has 0 radical (unpaired) electrons. The SMILES string of the molecule is Cl.c1ccc(-c2cnc(C3CNC3)s2)cc1. The Morgan fingerprint density at radius 3 is 2.56 bits per heavy atom. The van der Waals surface area contributed by atoms with E-state index in [-0.39, 0.29) is 12.4 Å². The van der Waals surface area contributed by atoms with Gasteiger partial charge in [-0.25, -0.2) is 4.98 Å². The normalized spacial score (nSPS) is 15.2. The van der Waals surface area contributed by atoms with Crippen LogP contribution in [0.1, 0.15) is 10.9 Å². The Kier molecular flexibility index (Phi) is 3.59. The van der Waals surface area contributed by atoms with Crippen LogP contribution in [0.3, 0.4) is 0 Å². The third kappa shape index (κ3) is 2.12. The molecule has 2 nitrogen and oxygen atoms in total. The molecular weight excluding hydrogens is 240 g/mol. The molecule has 0 bridgehead atoms. The van der Waals surface area contributed by atoms with E-state index in [9.17, 15) is 0 Å². The van der Waals surface area contributed by atoms with Gasteiger partial charge in [0.1, 0.15) is 0 Å². The van der Waals surface area contributed by atoms with E-state index < -0.39 is 0 Å². The molecule has 0 unspecified atom stereocenters. The number of halogens is 1. The van der Waals surface area contributed by atoms with Crippen molar-refractivity contribution in [2.24, 2.45) is 0 Å². The summed E-state index contributed by atoms with van der Waals surface area (Å²) in [5, 5.41) is 4.55. The van der Waals surface area contributed by atoms with Gasteiger partial charge in [-0.2, -0.15) is 0 Å². The number of aromatic nitrogens is 1.